The van der Waals surface area contributed by atoms with Crippen molar-refractivity contribution in [3.8, 4) is 0 Å². The molecule has 0 heterocycles. The van der Waals surface area contributed by atoms with Gasteiger partial charge in [-0.05, 0) is 29.8 Å². The molecule has 0 aliphatic heterocycles. The zero-order valence-electron chi connectivity index (χ0n) is 12.3. The maximum absolute atomic E-state index is 12.0. The smallest absolute Gasteiger partial charge is 0.224 e. The number of rotatable bonds is 6. The van der Waals surface area contributed by atoms with Crippen molar-refractivity contribution in [2.45, 2.75) is 19.5 Å². The Bertz CT molecular complexity index is 642. The lowest BCUT2D eigenvalue weighted by atomic mass is 10.1. The topological polar surface area (TPSA) is 41.1 Å². The lowest BCUT2D eigenvalue weighted by molar-refractivity contribution is -0.120. The average molecular weight is 337 g/mol. The van der Waals surface area contributed by atoms with Gasteiger partial charge in [-0.25, -0.2) is 0 Å². The molecule has 2 rings (SSSR count). The largest absolute Gasteiger partial charge is 0.352 e. The lowest BCUT2D eigenvalue weighted by Crippen LogP contribution is -2.24. The lowest BCUT2D eigenvalue weighted by Gasteiger charge is -2.08. The maximum atomic E-state index is 12.0. The van der Waals surface area contributed by atoms with E-state index in [-0.39, 0.29) is 12.3 Å². The van der Waals surface area contributed by atoms with Crippen LogP contribution in [-0.4, -0.2) is 13.0 Å². The van der Waals surface area contributed by atoms with Crippen molar-refractivity contribution in [2.75, 3.05) is 7.05 Å². The van der Waals surface area contributed by atoms with Crippen LogP contribution in [0, 0.1) is 0 Å². The fourth-order valence-corrected chi connectivity index (χ4v) is 2.49. The molecule has 5 heteroatoms. The summed E-state index contributed by atoms with van der Waals surface area (Å²) < 4.78 is 0. The van der Waals surface area contributed by atoms with Gasteiger partial charge in [-0.2, -0.15) is 0 Å². The Labute approximate surface area is 140 Å². The molecule has 0 aromatic heterocycles. The van der Waals surface area contributed by atoms with Gasteiger partial charge in [0.15, 0.2) is 0 Å². The molecule has 0 bridgehead atoms. The predicted molar refractivity (Wildman–Crippen MR) is 91.2 cm³/mol. The number of halogens is 2. The highest BCUT2D eigenvalue weighted by molar-refractivity contribution is 6.42. The summed E-state index contributed by atoms with van der Waals surface area (Å²) in [5, 5.41) is 6.89. The van der Waals surface area contributed by atoms with E-state index in [2.05, 4.69) is 10.6 Å². The third-order valence-electron chi connectivity index (χ3n) is 3.28. The Hall–Kier alpha value is -1.55. The predicted octanol–water partition coefficient (Wildman–Crippen LogP) is 3.57. The Balaban J connectivity index is 1.88. The zero-order valence-corrected chi connectivity index (χ0v) is 13.8. The SMILES string of the molecule is CNCc1ccc(CNC(=O)Cc2cccc(Cl)c2Cl)cc1. The van der Waals surface area contributed by atoms with E-state index in [0.717, 1.165) is 17.7 Å². The minimum Gasteiger partial charge on any atom is -0.352 e. The van der Waals surface area contributed by atoms with E-state index in [1.54, 1.807) is 18.2 Å². The van der Waals surface area contributed by atoms with Crippen molar-refractivity contribution < 1.29 is 4.79 Å². The summed E-state index contributed by atoms with van der Waals surface area (Å²) in [5.74, 6) is -0.0801. The van der Waals surface area contributed by atoms with E-state index in [4.69, 9.17) is 23.2 Å². The Morgan fingerprint density at radius 1 is 1.00 bits per heavy atom. The minimum absolute atomic E-state index is 0.0801. The molecule has 0 aliphatic rings. The summed E-state index contributed by atoms with van der Waals surface area (Å²) in [6, 6.07) is 13.4. The van der Waals surface area contributed by atoms with E-state index < -0.39 is 0 Å². The van der Waals surface area contributed by atoms with Crippen LogP contribution in [0.3, 0.4) is 0 Å². The molecule has 22 heavy (non-hydrogen) atoms. The van der Waals surface area contributed by atoms with Gasteiger partial charge in [0.05, 0.1) is 16.5 Å². The van der Waals surface area contributed by atoms with E-state index in [1.165, 1.54) is 5.56 Å². The number of carbonyl (C=O) groups excluding carboxylic acids is 1. The summed E-state index contributed by atoms with van der Waals surface area (Å²) in [5.41, 5.74) is 3.00. The van der Waals surface area contributed by atoms with Gasteiger partial charge in [-0.15, -0.1) is 0 Å². The normalized spacial score (nSPS) is 10.5. The summed E-state index contributed by atoms with van der Waals surface area (Å²) in [4.78, 5) is 12.0. The molecule has 116 valence electrons. The van der Waals surface area contributed by atoms with Crippen LogP contribution in [0.4, 0.5) is 0 Å². The van der Waals surface area contributed by atoms with E-state index in [0.29, 0.717) is 16.6 Å². The molecule has 0 saturated heterocycles. The molecule has 0 atom stereocenters. The molecule has 0 spiro atoms. The molecular formula is C17H18Cl2N2O. The molecule has 2 aromatic carbocycles. The first-order valence-electron chi connectivity index (χ1n) is 7.02. The number of benzene rings is 2. The van der Waals surface area contributed by atoms with Crippen LogP contribution in [0.2, 0.25) is 10.0 Å². The third kappa shape index (κ3) is 4.73. The molecule has 2 N–H and O–H groups in total. The van der Waals surface area contributed by atoms with E-state index in [1.807, 2.05) is 31.3 Å². The van der Waals surface area contributed by atoms with Crippen LogP contribution in [0.5, 0.6) is 0 Å². The molecule has 3 nitrogen and oxygen atoms in total. The highest BCUT2D eigenvalue weighted by Crippen LogP contribution is 2.25. The molecule has 0 radical (unpaired) electrons. The average Bonchev–Trinajstić information content (AvgIpc) is 2.51. The van der Waals surface area contributed by atoms with Crippen molar-refractivity contribution in [1.82, 2.24) is 10.6 Å². The third-order valence-corrected chi connectivity index (χ3v) is 4.13. The number of carbonyl (C=O) groups is 1. The van der Waals surface area contributed by atoms with Crippen LogP contribution in [0.25, 0.3) is 0 Å². The van der Waals surface area contributed by atoms with Gasteiger partial charge in [0.1, 0.15) is 0 Å². The summed E-state index contributed by atoms with van der Waals surface area (Å²) in [6.45, 7) is 1.33. The number of hydrogen-bond donors (Lipinski definition) is 2. The molecule has 2 aromatic rings. The van der Waals surface area contributed by atoms with Crippen molar-refractivity contribution in [1.29, 1.82) is 0 Å². The first-order chi connectivity index (χ1) is 10.6. The van der Waals surface area contributed by atoms with E-state index in [9.17, 15) is 4.79 Å². The van der Waals surface area contributed by atoms with Crippen molar-refractivity contribution >= 4 is 29.1 Å². The highest BCUT2D eigenvalue weighted by atomic mass is 35.5. The van der Waals surface area contributed by atoms with E-state index >= 15 is 0 Å². The van der Waals surface area contributed by atoms with Gasteiger partial charge in [-0.1, -0.05) is 59.6 Å². The Morgan fingerprint density at radius 2 is 1.64 bits per heavy atom. The van der Waals surface area contributed by atoms with Crippen molar-refractivity contribution in [3.63, 3.8) is 0 Å². The van der Waals surface area contributed by atoms with Gasteiger partial charge in [0, 0.05) is 13.1 Å². The second-order valence-corrected chi connectivity index (χ2v) is 5.80. The quantitative estimate of drug-likeness (QED) is 0.846. The Morgan fingerprint density at radius 3 is 2.27 bits per heavy atom. The molecule has 0 saturated carbocycles. The van der Waals surface area contributed by atoms with Crippen LogP contribution >= 0.6 is 23.2 Å². The number of nitrogens with one attached hydrogen (secondary N) is 2. The second kappa shape index (κ2) is 8.18. The van der Waals surface area contributed by atoms with Gasteiger partial charge >= 0.3 is 0 Å². The summed E-state index contributed by atoms with van der Waals surface area (Å²) >= 11 is 12.0. The second-order valence-electron chi connectivity index (χ2n) is 5.01. The molecular weight excluding hydrogens is 319 g/mol. The Kier molecular flexibility index (Phi) is 6.25. The van der Waals surface area contributed by atoms with Gasteiger partial charge < -0.3 is 10.6 Å². The summed E-state index contributed by atoms with van der Waals surface area (Å²) in [7, 11) is 1.91. The fourth-order valence-electron chi connectivity index (χ4n) is 2.10. The van der Waals surface area contributed by atoms with Crippen molar-refractivity contribution in [2.24, 2.45) is 0 Å². The van der Waals surface area contributed by atoms with Crippen LogP contribution in [-0.2, 0) is 24.3 Å². The highest BCUT2D eigenvalue weighted by Gasteiger charge is 2.09. The van der Waals surface area contributed by atoms with Gasteiger partial charge in [-0.3, -0.25) is 4.79 Å². The van der Waals surface area contributed by atoms with Crippen molar-refractivity contribution in [3.05, 3.63) is 69.2 Å². The first kappa shape index (κ1) is 16.8. The summed E-state index contributed by atoms with van der Waals surface area (Å²) in [6.07, 6.45) is 0.219. The monoisotopic (exact) mass is 336 g/mol. The fraction of sp³-hybridized carbons (Fsp3) is 0.235. The number of hydrogen-bond acceptors (Lipinski definition) is 2. The van der Waals surface area contributed by atoms with Crippen LogP contribution in [0.15, 0.2) is 42.5 Å². The van der Waals surface area contributed by atoms with Crippen LogP contribution < -0.4 is 10.6 Å². The maximum Gasteiger partial charge on any atom is 0.224 e. The first-order valence-corrected chi connectivity index (χ1v) is 7.77. The number of amides is 1. The molecule has 0 aliphatic carbocycles. The molecule has 0 fully saturated rings. The standard InChI is InChI=1S/C17H18Cl2N2O/c1-20-10-12-5-7-13(8-6-12)11-21-16(22)9-14-3-2-4-15(18)17(14)19/h2-8,20H,9-11H2,1H3,(H,21,22). The minimum atomic E-state index is -0.0801. The molecule has 0 unspecified atom stereocenters. The van der Waals surface area contributed by atoms with Gasteiger partial charge in [0.25, 0.3) is 0 Å². The van der Waals surface area contributed by atoms with Gasteiger partial charge in [0.2, 0.25) is 5.91 Å². The zero-order chi connectivity index (χ0) is 15.9. The molecule has 1 amide bonds. The van der Waals surface area contributed by atoms with Crippen LogP contribution in [0.1, 0.15) is 16.7 Å².